The van der Waals surface area contributed by atoms with E-state index in [1.165, 1.54) is 16.6 Å². The summed E-state index contributed by atoms with van der Waals surface area (Å²) in [5.41, 5.74) is 0. The molecule has 1 saturated heterocycles. The molecule has 2 rings (SSSR count). The van der Waals surface area contributed by atoms with Gasteiger partial charge in [0.2, 0.25) is 6.08 Å². The van der Waals surface area contributed by atoms with Gasteiger partial charge in [-0.15, -0.1) is 11.3 Å². The van der Waals surface area contributed by atoms with Gasteiger partial charge < -0.3 is 0 Å². The summed E-state index contributed by atoms with van der Waals surface area (Å²) in [6.07, 6.45) is 3.80. The Kier molecular flexibility index (Phi) is 4.15. The normalized spacial score (nSPS) is 24.9. The van der Waals surface area contributed by atoms with Crippen molar-refractivity contribution in [2.75, 3.05) is 6.54 Å². The van der Waals surface area contributed by atoms with E-state index in [0.717, 1.165) is 24.2 Å². The third kappa shape index (κ3) is 2.76. The number of hydrogen-bond acceptors (Lipinski definition) is 6. The van der Waals surface area contributed by atoms with Crippen molar-refractivity contribution < 1.29 is 13.2 Å². The van der Waals surface area contributed by atoms with E-state index in [1.807, 2.05) is 6.92 Å². The molecule has 19 heavy (non-hydrogen) atoms. The predicted octanol–water partition coefficient (Wildman–Crippen LogP) is 1.53. The van der Waals surface area contributed by atoms with Crippen LogP contribution in [0.25, 0.3) is 0 Å². The molecule has 0 amide bonds. The molecule has 1 fully saturated rings. The summed E-state index contributed by atoms with van der Waals surface area (Å²) in [5.74, 6) is 0.0130. The molecule has 0 aromatic carbocycles. The number of isocyanates is 1. The third-order valence-electron chi connectivity index (χ3n) is 3.19. The molecule has 1 aromatic rings. The van der Waals surface area contributed by atoms with E-state index in [4.69, 9.17) is 0 Å². The van der Waals surface area contributed by atoms with Crippen molar-refractivity contribution in [2.24, 2.45) is 10.9 Å². The molecule has 2 atom stereocenters. The quantitative estimate of drug-likeness (QED) is 0.626. The molecular weight excluding hydrogens is 286 g/mol. The Morgan fingerprint density at radius 2 is 2.32 bits per heavy atom. The number of piperidine rings is 1. The molecule has 1 aromatic heterocycles. The fraction of sp³-hybridized carbons (Fsp3) is 0.636. The summed E-state index contributed by atoms with van der Waals surface area (Å²) in [4.78, 5) is 18.2. The number of rotatable bonds is 3. The molecule has 104 valence electrons. The van der Waals surface area contributed by atoms with Gasteiger partial charge in [0.15, 0.2) is 4.21 Å². The first-order valence-electron chi connectivity index (χ1n) is 5.98. The van der Waals surface area contributed by atoms with Gasteiger partial charge in [0, 0.05) is 6.54 Å². The predicted molar refractivity (Wildman–Crippen MR) is 71.1 cm³/mol. The van der Waals surface area contributed by atoms with Crippen LogP contribution < -0.4 is 0 Å². The smallest absolute Gasteiger partial charge is 0.249 e. The molecule has 2 heterocycles. The highest BCUT2D eigenvalue weighted by Gasteiger charge is 2.38. The fourth-order valence-corrected chi connectivity index (χ4v) is 5.12. The zero-order valence-corrected chi connectivity index (χ0v) is 12.4. The van der Waals surface area contributed by atoms with Crippen molar-refractivity contribution in [1.82, 2.24) is 9.29 Å². The Morgan fingerprint density at radius 3 is 2.89 bits per heavy atom. The summed E-state index contributed by atoms with van der Waals surface area (Å²) in [6.45, 7) is 4.02. The fourth-order valence-electron chi connectivity index (χ4n) is 2.22. The Balaban J connectivity index is 2.40. The van der Waals surface area contributed by atoms with E-state index in [-0.39, 0.29) is 10.1 Å². The lowest BCUT2D eigenvalue weighted by Gasteiger charge is -2.34. The molecule has 0 radical (unpaired) electrons. The molecule has 2 unspecified atom stereocenters. The lowest BCUT2D eigenvalue weighted by atomic mass is 9.98. The Labute approximate surface area is 116 Å². The maximum Gasteiger partial charge on any atom is 0.256 e. The van der Waals surface area contributed by atoms with Gasteiger partial charge in [-0.05, 0) is 25.7 Å². The van der Waals surface area contributed by atoms with E-state index < -0.39 is 16.2 Å². The molecule has 0 bridgehead atoms. The van der Waals surface area contributed by atoms with Gasteiger partial charge in [-0.3, -0.25) is 0 Å². The minimum absolute atomic E-state index is 0.0130. The zero-order chi connectivity index (χ0) is 14.0. The number of hydrogen-bond donors (Lipinski definition) is 0. The van der Waals surface area contributed by atoms with Gasteiger partial charge in [-0.2, -0.15) is 9.30 Å². The highest BCUT2D eigenvalue weighted by atomic mass is 32.2. The van der Waals surface area contributed by atoms with E-state index >= 15 is 0 Å². The van der Waals surface area contributed by atoms with Crippen LogP contribution in [-0.4, -0.2) is 36.5 Å². The van der Waals surface area contributed by atoms with Gasteiger partial charge in [0.1, 0.15) is 6.17 Å². The van der Waals surface area contributed by atoms with Gasteiger partial charge in [0.05, 0.1) is 11.2 Å². The molecule has 6 nitrogen and oxygen atoms in total. The second-order valence-electron chi connectivity index (χ2n) is 4.57. The monoisotopic (exact) mass is 301 g/mol. The van der Waals surface area contributed by atoms with Crippen molar-refractivity contribution >= 4 is 27.4 Å². The molecular formula is C11H15N3O3S2. The molecule has 0 N–H and O–H groups in total. The van der Waals surface area contributed by atoms with Crippen LogP contribution in [0.5, 0.6) is 0 Å². The summed E-state index contributed by atoms with van der Waals surface area (Å²) in [7, 11) is -3.63. The average molecular weight is 301 g/mol. The first-order valence-corrected chi connectivity index (χ1v) is 8.23. The summed E-state index contributed by atoms with van der Waals surface area (Å²) in [6, 6.07) is 0. The minimum atomic E-state index is -3.63. The SMILES string of the molecule is Cc1ncc(S(=O)(=O)N2CCCC(C)C2N=C=O)s1. The number of aliphatic imine (C=N–C) groups is 1. The molecule has 1 aliphatic rings. The first-order chi connectivity index (χ1) is 8.96. The molecule has 0 aliphatic carbocycles. The number of thiazole rings is 1. The standard InChI is InChI=1S/C11H15N3O3S2/c1-8-4-3-5-14(11(8)13-7-15)19(16,17)10-6-12-9(2)18-10/h6,8,11H,3-5H2,1-2H3. The van der Waals surface area contributed by atoms with Crippen LogP contribution in [0, 0.1) is 12.8 Å². The van der Waals surface area contributed by atoms with Crippen molar-refractivity contribution in [2.45, 2.75) is 37.1 Å². The maximum atomic E-state index is 12.5. The highest BCUT2D eigenvalue weighted by molar-refractivity contribution is 7.91. The molecule has 8 heteroatoms. The number of sulfonamides is 1. The van der Waals surface area contributed by atoms with Crippen molar-refractivity contribution in [3.8, 4) is 0 Å². The second kappa shape index (κ2) is 5.50. The zero-order valence-electron chi connectivity index (χ0n) is 10.7. The highest BCUT2D eigenvalue weighted by Crippen LogP contribution is 2.31. The Morgan fingerprint density at radius 1 is 1.58 bits per heavy atom. The topological polar surface area (TPSA) is 79.7 Å². The largest absolute Gasteiger partial charge is 0.256 e. The van der Waals surface area contributed by atoms with Crippen molar-refractivity contribution in [1.29, 1.82) is 0 Å². The van der Waals surface area contributed by atoms with E-state index in [9.17, 15) is 13.2 Å². The molecule has 0 spiro atoms. The molecule has 0 saturated carbocycles. The number of carbonyl (C=O) groups excluding carboxylic acids is 1. The van der Waals surface area contributed by atoms with E-state index in [0.29, 0.717) is 11.6 Å². The average Bonchev–Trinajstić information content (AvgIpc) is 2.79. The van der Waals surface area contributed by atoms with E-state index in [2.05, 4.69) is 9.98 Å². The van der Waals surface area contributed by atoms with Crippen LogP contribution in [0.4, 0.5) is 0 Å². The van der Waals surface area contributed by atoms with Crippen LogP contribution in [-0.2, 0) is 14.8 Å². The number of nitrogens with zero attached hydrogens (tertiary/aromatic N) is 3. The second-order valence-corrected chi connectivity index (χ2v) is 7.92. The minimum Gasteiger partial charge on any atom is -0.249 e. The number of aryl methyl sites for hydroxylation is 1. The van der Waals surface area contributed by atoms with Crippen molar-refractivity contribution in [3.63, 3.8) is 0 Å². The van der Waals surface area contributed by atoms with Gasteiger partial charge in [-0.1, -0.05) is 6.92 Å². The van der Waals surface area contributed by atoms with Crippen LogP contribution >= 0.6 is 11.3 Å². The summed E-state index contributed by atoms with van der Waals surface area (Å²) < 4.78 is 26.6. The van der Waals surface area contributed by atoms with Gasteiger partial charge >= 0.3 is 0 Å². The third-order valence-corrected chi connectivity index (χ3v) is 6.41. The van der Waals surface area contributed by atoms with Crippen LogP contribution in [0.1, 0.15) is 24.8 Å². The van der Waals surface area contributed by atoms with Crippen LogP contribution in [0.15, 0.2) is 15.4 Å². The maximum absolute atomic E-state index is 12.5. The molecule has 1 aliphatic heterocycles. The van der Waals surface area contributed by atoms with Crippen LogP contribution in [0.2, 0.25) is 0 Å². The van der Waals surface area contributed by atoms with Crippen LogP contribution in [0.3, 0.4) is 0 Å². The first kappa shape index (κ1) is 14.3. The van der Waals surface area contributed by atoms with Crippen molar-refractivity contribution in [3.05, 3.63) is 11.2 Å². The summed E-state index contributed by atoms with van der Waals surface area (Å²) >= 11 is 1.13. The summed E-state index contributed by atoms with van der Waals surface area (Å²) in [5, 5.41) is 0.694. The van der Waals surface area contributed by atoms with Gasteiger partial charge in [0.25, 0.3) is 10.0 Å². The van der Waals surface area contributed by atoms with Gasteiger partial charge in [-0.25, -0.2) is 18.2 Å². The number of aromatic nitrogens is 1. The van der Waals surface area contributed by atoms with E-state index in [1.54, 1.807) is 6.92 Å². The Hall–Kier alpha value is -1.08. The lowest BCUT2D eigenvalue weighted by Crippen LogP contribution is -2.46. The lowest BCUT2D eigenvalue weighted by molar-refractivity contribution is 0.194. The Bertz CT molecular complexity index is 604.